The molecule has 0 spiro atoms. The molecule has 3 aromatic rings. The Morgan fingerprint density at radius 3 is 1.83 bits per heavy atom. The molecule has 0 unspecified atom stereocenters. The summed E-state index contributed by atoms with van der Waals surface area (Å²) in [4.78, 5) is 4.61. The van der Waals surface area contributed by atoms with Crippen LogP contribution in [-0.4, -0.2) is 16.8 Å². The van der Waals surface area contributed by atoms with E-state index >= 15 is 0 Å². The minimum absolute atomic E-state index is 0.984. The first-order valence-electron chi connectivity index (χ1n) is 8.66. The van der Waals surface area contributed by atoms with Crippen LogP contribution >= 0.6 is 0 Å². The van der Waals surface area contributed by atoms with Crippen LogP contribution in [0.3, 0.4) is 0 Å². The summed E-state index contributed by atoms with van der Waals surface area (Å²) in [5.41, 5.74) is 4.36. The fraction of sp³-hybridized carbons (Fsp3) is 0.350. The molecule has 0 aliphatic heterocycles. The molecule has 0 aliphatic rings. The van der Waals surface area contributed by atoms with Crippen molar-refractivity contribution in [2.45, 2.75) is 41.5 Å². The number of para-hydroxylation sites is 2. The monoisotopic (exact) mass is 309 g/mol. The van der Waals surface area contributed by atoms with Crippen LogP contribution in [-0.2, 0) is 7.05 Å². The normalized spacial score (nSPS) is 8.65. The van der Waals surface area contributed by atoms with Crippen LogP contribution < -0.4 is 11.2 Å². The van der Waals surface area contributed by atoms with Crippen LogP contribution in [0.25, 0.3) is 11.0 Å². The Kier molecular flexibility index (Phi) is 11.4. The van der Waals surface area contributed by atoms with E-state index in [2.05, 4.69) is 35.0 Å². The smallest absolute Gasteiger partial charge is 0.240 e. The fourth-order valence-corrected chi connectivity index (χ4v) is 1.99. The van der Waals surface area contributed by atoms with Gasteiger partial charge in [-0.15, -0.1) is 0 Å². The Morgan fingerprint density at radius 1 is 0.739 bits per heavy atom. The van der Waals surface area contributed by atoms with E-state index in [-0.39, 0.29) is 0 Å². The van der Waals surface area contributed by atoms with Crippen LogP contribution in [0.4, 0.5) is 0 Å². The lowest BCUT2D eigenvalue weighted by Gasteiger charge is -2.01. The van der Waals surface area contributed by atoms with Crippen molar-refractivity contribution in [3.05, 3.63) is 54.6 Å². The maximum absolute atomic E-state index is 4.61. The van der Waals surface area contributed by atoms with Gasteiger partial charge in [0, 0.05) is 7.05 Å². The lowest BCUT2D eigenvalue weighted by atomic mass is 9.69. The Bertz CT molecular complexity index is 645. The van der Waals surface area contributed by atoms with Crippen molar-refractivity contribution in [1.82, 2.24) is 9.55 Å². The minimum Gasteiger partial charge on any atom is -0.339 e. The fourth-order valence-electron chi connectivity index (χ4n) is 1.99. The molecule has 23 heavy (non-hydrogen) atoms. The zero-order valence-corrected chi connectivity index (χ0v) is 15.7. The zero-order valence-electron chi connectivity index (χ0n) is 15.7. The second-order valence-corrected chi connectivity index (χ2v) is 4.07. The van der Waals surface area contributed by atoms with Gasteiger partial charge in [-0.25, -0.2) is 4.98 Å². The Hall–Kier alpha value is -2.03. The number of nitrogens with zero attached hydrogens (tertiary/aromatic N) is 2. The number of fused-ring (bicyclic) bond motifs is 1. The van der Waals surface area contributed by atoms with E-state index in [9.17, 15) is 0 Å². The molecule has 0 saturated heterocycles. The summed E-state index contributed by atoms with van der Waals surface area (Å²) in [5, 5.41) is 0. The predicted octanol–water partition coefficient (Wildman–Crippen LogP) is 4.31. The third-order valence-corrected chi connectivity index (χ3v) is 2.92. The van der Waals surface area contributed by atoms with Gasteiger partial charge in [0.25, 0.3) is 0 Å². The molecule has 2 aromatic carbocycles. The Balaban J connectivity index is 0.000000728. The average molecular weight is 309 g/mol. The minimum atomic E-state index is 0.984. The largest absolute Gasteiger partial charge is 0.339 e. The van der Waals surface area contributed by atoms with Gasteiger partial charge in [0.05, 0.1) is 16.8 Å². The van der Waals surface area contributed by atoms with Crippen molar-refractivity contribution in [3.8, 4) is 0 Å². The summed E-state index contributed by atoms with van der Waals surface area (Å²) in [5.74, 6) is 0. The zero-order chi connectivity index (χ0) is 17.7. The molecular weight excluding hydrogens is 279 g/mol. The molecule has 123 valence electrons. The summed E-state index contributed by atoms with van der Waals surface area (Å²) in [6.07, 6.45) is 0. The van der Waals surface area contributed by atoms with Crippen LogP contribution in [0.2, 0.25) is 0 Å². The molecule has 0 N–H and O–H groups in total. The van der Waals surface area contributed by atoms with Crippen molar-refractivity contribution >= 4 is 29.5 Å². The molecular formula is C20H30BN2. The van der Waals surface area contributed by atoms with Gasteiger partial charge >= 0.3 is 0 Å². The van der Waals surface area contributed by atoms with E-state index in [4.69, 9.17) is 0 Å². The van der Waals surface area contributed by atoms with Crippen LogP contribution in [0, 0.1) is 0 Å². The molecule has 1 heterocycles. The van der Waals surface area contributed by atoms with Gasteiger partial charge in [0.15, 0.2) is 0 Å². The Labute approximate surface area is 142 Å². The molecule has 0 bridgehead atoms. The van der Waals surface area contributed by atoms with E-state index in [1.165, 1.54) is 5.46 Å². The van der Waals surface area contributed by atoms with Crippen molar-refractivity contribution in [2.75, 3.05) is 0 Å². The summed E-state index contributed by atoms with van der Waals surface area (Å²) in [6, 6.07) is 18.4. The van der Waals surface area contributed by atoms with Crippen LogP contribution in [0.5, 0.6) is 0 Å². The predicted molar refractivity (Wildman–Crippen MR) is 106 cm³/mol. The van der Waals surface area contributed by atoms with Gasteiger partial charge in [-0.1, -0.05) is 89.5 Å². The highest BCUT2D eigenvalue weighted by atomic mass is 15.0. The molecule has 0 saturated carbocycles. The van der Waals surface area contributed by atoms with Crippen molar-refractivity contribution in [3.63, 3.8) is 0 Å². The number of hydrogen-bond donors (Lipinski definition) is 0. The quantitative estimate of drug-likeness (QED) is 0.645. The second kappa shape index (κ2) is 12.5. The number of benzene rings is 2. The van der Waals surface area contributed by atoms with Gasteiger partial charge in [-0.2, -0.15) is 0 Å². The molecule has 0 fully saturated rings. The number of hydrogen-bond acceptors (Lipinski definition) is 1. The SMILES string of the molecule is CC.CC.CC.Cn1c([B]c2ccccc2)nc2ccccc21. The first kappa shape index (κ1) is 21.0. The highest BCUT2D eigenvalue weighted by Crippen LogP contribution is 2.08. The molecule has 0 atom stereocenters. The molecule has 1 radical (unpaired) electrons. The van der Waals surface area contributed by atoms with Gasteiger partial charge < -0.3 is 4.57 Å². The summed E-state index contributed by atoms with van der Waals surface area (Å²) < 4.78 is 2.11. The topological polar surface area (TPSA) is 17.8 Å². The standard InChI is InChI=1S/C14H12BN2.3C2H6/c1-17-13-10-6-5-9-12(13)16-14(17)15-11-7-3-2-4-8-11;3*1-2/h2-10H,1H3;3*1-2H3. The van der Waals surface area contributed by atoms with Gasteiger partial charge in [-0.3, -0.25) is 0 Å². The van der Waals surface area contributed by atoms with Crippen molar-refractivity contribution in [1.29, 1.82) is 0 Å². The third kappa shape index (κ3) is 5.94. The van der Waals surface area contributed by atoms with Crippen molar-refractivity contribution in [2.24, 2.45) is 7.05 Å². The van der Waals surface area contributed by atoms with E-state index in [1.54, 1.807) is 0 Å². The first-order valence-corrected chi connectivity index (χ1v) is 8.66. The maximum atomic E-state index is 4.61. The second-order valence-electron chi connectivity index (χ2n) is 4.07. The van der Waals surface area contributed by atoms with Gasteiger partial charge in [0.2, 0.25) is 7.28 Å². The summed E-state index contributed by atoms with van der Waals surface area (Å²) >= 11 is 0. The maximum Gasteiger partial charge on any atom is 0.240 e. The van der Waals surface area contributed by atoms with Crippen LogP contribution in [0.1, 0.15) is 41.5 Å². The average Bonchev–Trinajstić information content (AvgIpc) is 2.97. The first-order chi connectivity index (χ1) is 11.3. The number of rotatable bonds is 2. The van der Waals surface area contributed by atoms with Gasteiger partial charge in [-0.05, 0) is 12.1 Å². The Morgan fingerprint density at radius 2 is 1.26 bits per heavy atom. The van der Waals surface area contributed by atoms with Crippen molar-refractivity contribution < 1.29 is 0 Å². The van der Waals surface area contributed by atoms with Gasteiger partial charge in [0.1, 0.15) is 0 Å². The van der Waals surface area contributed by atoms with E-state index in [0.717, 1.165) is 16.8 Å². The highest BCUT2D eigenvalue weighted by Gasteiger charge is 2.08. The molecule has 0 aliphatic carbocycles. The molecule has 0 amide bonds. The molecule has 3 heteroatoms. The molecule has 3 rings (SSSR count). The van der Waals surface area contributed by atoms with Crippen LogP contribution in [0.15, 0.2) is 54.6 Å². The molecule has 1 aromatic heterocycles. The third-order valence-electron chi connectivity index (χ3n) is 2.92. The summed E-state index contributed by atoms with van der Waals surface area (Å²) in [6.45, 7) is 12.0. The number of aromatic nitrogens is 2. The summed E-state index contributed by atoms with van der Waals surface area (Å²) in [7, 11) is 4.14. The number of imidazole rings is 1. The lowest BCUT2D eigenvalue weighted by molar-refractivity contribution is 0.988. The van der Waals surface area contributed by atoms with E-state index in [0.29, 0.717) is 0 Å². The lowest BCUT2D eigenvalue weighted by Crippen LogP contribution is -2.33. The van der Waals surface area contributed by atoms with E-state index < -0.39 is 0 Å². The van der Waals surface area contributed by atoms with E-state index in [1.807, 2.05) is 85.0 Å². The number of aryl methyl sites for hydroxylation is 1. The molecule has 2 nitrogen and oxygen atoms in total. The highest BCUT2D eigenvalue weighted by molar-refractivity contribution is 6.66.